The van der Waals surface area contributed by atoms with E-state index in [0.717, 1.165) is 18.2 Å². The molecule has 0 aliphatic carbocycles. The Morgan fingerprint density at radius 2 is 1.90 bits per heavy atom. The molecule has 0 saturated carbocycles. The topological polar surface area (TPSA) is 50.1 Å². The predicted molar refractivity (Wildman–Crippen MR) is 72.0 cm³/mol. The molecule has 1 unspecified atom stereocenters. The van der Waals surface area contributed by atoms with Crippen molar-refractivity contribution >= 4 is 5.78 Å². The molecule has 5 heteroatoms. The van der Waals surface area contributed by atoms with Gasteiger partial charge in [0, 0.05) is 11.1 Å². The molecule has 106 valence electrons. The molecule has 0 bridgehead atoms. The second-order valence-corrected chi connectivity index (χ2v) is 4.30. The van der Waals surface area contributed by atoms with Crippen LogP contribution in [0.25, 0.3) is 0 Å². The van der Waals surface area contributed by atoms with Gasteiger partial charge in [0.05, 0.1) is 13.2 Å². The van der Waals surface area contributed by atoms with Gasteiger partial charge in [-0.3, -0.25) is 4.79 Å². The molecule has 0 saturated heterocycles. The van der Waals surface area contributed by atoms with Crippen LogP contribution in [-0.2, 0) is 0 Å². The van der Waals surface area contributed by atoms with Crippen molar-refractivity contribution in [1.82, 2.24) is 0 Å². The Balaban J connectivity index is 2.44. The van der Waals surface area contributed by atoms with Gasteiger partial charge in [-0.15, -0.1) is 0 Å². The molecule has 0 N–H and O–H groups in total. The minimum Gasteiger partial charge on any atom is -0.496 e. The summed E-state index contributed by atoms with van der Waals surface area (Å²) in [6.07, 6.45) is 0. The van der Waals surface area contributed by atoms with E-state index in [2.05, 4.69) is 0 Å². The second kappa shape index (κ2) is 6.14. The van der Waals surface area contributed by atoms with E-state index in [1.807, 2.05) is 6.07 Å². The Bertz CT molecular complexity index is 722. The monoisotopic (exact) mass is 287 g/mol. The van der Waals surface area contributed by atoms with Crippen LogP contribution in [-0.4, -0.2) is 12.9 Å². The number of halogens is 2. The van der Waals surface area contributed by atoms with Crippen molar-refractivity contribution in [2.75, 3.05) is 7.11 Å². The molecule has 1 atom stereocenters. The third-order valence-electron chi connectivity index (χ3n) is 3.05. The average Bonchev–Trinajstić information content (AvgIpc) is 2.51. The Hall–Kier alpha value is -2.74. The van der Waals surface area contributed by atoms with Crippen molar-refractivity contribution in [2.24, 2.45) is 0 Å². The van der Waals surface area contributed by atoms with E-state index in [1.165, 1.54) is 7.11 Å². The summed E-state index contributed by atoms with van der Waals surface area (Å²) in [6.45, 7) is 0. The van der Waals surface area contributed by atoms with Crippen molar-refractivity contribution in [2.45, 2.75) is 5.92 Å². The molecule has 2 aromatic rings. The molecule has 0 radical (unpaired) electrons. The highest BCUT2D eigenvalue weighted by molar-refractivity contribution is 6.03. The van der Waals surface area contributed by atoms with E-state index in [4.69, 9.17) is 4.74 Å². The summed E-state index contributed by atoms with van der Waals surface area (Å²) in [5.74, 6) is -3.54. The first-order valence-corrected chi connectivity index (χ1v) is 6.10. The van der Waals surface area contributed by atoms with Gasteiger partial charge in [0.25, 0.3) is 0 Å². The lowest BCUT2D eigenvalue weighted by Gasteiger charge is -2.12. The summed E-state index contributed by atoms with van der Waals surface area (Å²) < 4.78 is 31.3. The third-order valence-corrected chi connectivity index (χ3v) is 3.05. The first kappa shape index (κ1) is 14.7. The number of Topliss-reactive ketones (excluding diaryl/α,β-unsaturated/α-hetero) is 1. The minimum atomic E-state index is -1.15. The van der Waals surface area contributed by atoms with E-state index in [-0.39, 0.29) is 5.56 Å². The van der Waals surface area contributed by atoms with E-state index >= 15 is 0 Å². The van der Waals surface area contributed by atoms with Crippen LogP contribution in [0.2, 0.25) is 0 Å². The highest BCUT2D eigenvalue weighted by Gasteiger charge is 2.25. The number of nitriles is 1. The Labute approximate surface area is 120 Å². The van der Waals surface area contributed by atoms with E-state index < -0.39 is 23.3 Å². The number of benzene rings is 2. The van der Waals surface area contributed by atoms with E-state index in [9.17, 15) is 18.8 Å². The van der Waals surface area contributed by atoms with Gasteiger partial charge in [-0.25, -0.2) is 8.78 Å². The summed E-state index contributed by atoms with van der Waals surface area (Å²) in [6, 6.07) is 11.3. The molecule has 0 aliphatic heterocycles. The van der Waals surface area contributed by atoms with Crippen LogP contribution in [0.3, 0.4) is 0 Å². The maximum Gasteiger partial charge on any atom is 0.184 e. The molecule has 0 aromatic heterocycles. The van der Waals surface area contributed by atoms with Crippen molar-refractivity contribution in [3.05, 3.63) is 65.2 Å². The summed E-state index contributed by atoms with van der Waals surface area (Å²) >= 11 is 0. The smallest absolute Gasteiger partial charge is 0.184 e. The zero-order valence-electron chi connectivity index (χ0n) is 11.1. The van der Waals surface area contributed by atoms with Gasteiger partial charge in [-0.05, 0) is 24.3 Å². The number of hydrogen-bond donors (Lipinski definition) is 0. The Kier molecular flexibility index (Phi) is 4.29. The van der Waals surface area contributed by atoms with Crippen LogP contribution in [0.15, 0.2) is 42.5 Å². The fourth-order valence-corrected chi connectivity index (χ4v) is 1.99. The van der Waals surface area contributed by atoms with Gasteiger partial charge in [0.15, 0.2) is 17.4 Å². The van der Waals surface area contributed by atoms with Crippen LogP contribution >= 0.6 is 0 Å². The zero-order chi connectivity index (χ0) is 15.4. The van der Waals surface area contributed by atoms with E-state index in [1.54, 1.807) is 24.3 Å². The van der Waals surface area contributed by atoms with E-state index in [0.29, 0.717) is 11.3 Å². The molecular weight excluding hydrogens is 276 g/mol. The van der Waals surface area contributed by atoms with Crippen molar-refractivity contribution in [3.63, 3.8) is 0 Å². The quantitative estimate of drug-likeness (QED) is 0.809. The van der Waals surface area contributed by atoms with Crippen LogP contribution < -0.4 is 4.74 Å². The average molecular weight is 287 g/mol. The number of nitrogens with zero attached hydrogens (tertiary/aromatic N) is 1. The molecule has 3 nitrogen and oxygen atoms in total. The summed E-state index contributed by atoms with van der Waals surface area (Å²) in [4.78, 5) is 12.3. The zero-order valence-corrected chi connectivity index (χ0v) is 11.1. The molecule has 0 spiro atoms. The first-order valence-electron chi connectivity index (χ1n) is 6.10. The number of methoxy groups -OCH3 is 1. The summed E-state index contributed by atoms with van der Waals surface area (Å²) in [5.41, 5.74) is 0.323. The number of carbonyl (C=O) groups is 1. The number of rotatable bonds is 4. The van der Waals surface area contributed by atoms with Crippen molar-refractivity contribution < 1.29 is 18.3 Å². The number of para-hydroxylation sites is 1. The van der Waals surface area contributed by atoms with Crippen LogP contribution in [0.5, 0.6) is 5.75 Å². The lowest BCUT2D eigenvalue weighted by molar-refractivity contribution is 0.0977. The molecule has 0 amide bonds. The van der Waals surface area contributed by atoms with Crippen molar-refractivity contribution in [3.8, 4) is 11.8 Å². The largest absolute Gasteiger partial charge is 0.496 e. The fraction of sp³-hybridized carbons (Fsp3) is 0.125. The van der Waals surface area contributed by atoms with Crippen LogP contribution in [0.1, 0.15) is 21.8 Å². The fourth-order valence-electron chi connectivity index (χ4n) is 1.99. The van der Waals surface area contributed by atoms with Gasteiger partial charge in [-0.1, -0.05) is 18.2 Å². The molecule has 0 fully saturated rings. The number of hydrogen-bond acceptors (Lipinski definition) is 3. The molecule has 0 heterocycles. The summed E-state index contributed by atoms with van der Waals surface area (Å²) in [5, 5.41) is 9.26. The Morgan fingerprint density at radius 1 is 1.19 bits per heavy atom. The Morgan fingerprint density at radius 3 is 2.52 bits per heavy atom. The minimum absolute atomic E-state index is 0.0636. The number of ketones is 1. The predicted octanol–water partition coefficient (Wildman–Crippen LogP) is 3.46. The normalized spacial score (nSPS) is 11.5. The van der Waals surface area contributed by atoms with Gasteiger partial charge in [0.2, 0.25) is 0 Å². The van der Waals surface area contributed by atoms with Gasteiger partial charge < -0.3 is 4.74 Å². The maximum atomic E-state index is 13.2. The van der Waals surface area contributed by atoms with Crippen LogP contribution in [0, 0.1) is 23.0 Å². The molecule has 2 rings (SSSR count). The highest BCUT2D eigenvalue weighted by Crippen LogP contribution is 2.29. The molecule has 0 aliphatic rings. The highest BCUT2D eigenvalue weighted by atomic mass is 19.2. The molecule has 21 heavy (non-hydrogen) atoms. The summed E-state index contributed by atoms with van der Waals surface area (Å²) in [7, 11) is 1.43. The molecule has 2 aromatic carbocycles. The number of carbonyl (C=O) groups excluding carboxylic acids is 1. The first-order chi connectivity index (χ1) is 10.1. The van der Waals surface area contributed by atoms with Gasteiger partial charge >= 0.3 is 0 Å². The van der Waals surface area contributed by atoms with Gasteiger partial charge in [-0.2, -0.15) is 5.26 Å². The van der Waals surface area contributed by atoms with Gasteiger partial charge in [0.1, 0.15) is 11.7 Å². The maximum absolute atomic E-state index is 13.2. The lowest BCUT2D eigenvalue weighted by Crippen LogP contribution is -2.13. The van der Waals surface area contributed by atoms with Crippen molar-refractivity contribution in [1.29, 1.82) is 5.26 Å². The van der Waals surface area contributed by atoms with Crippen LogP contribution in [0.4, 0.5) is 8.78 Å². The lowest BCUT2D eigenvalue weighted by atomic mass is 9.91. The standard InChI is InChI=1S/C16H11F2NO2/c1-21-15-5-3-2-4-11(15)12(9-19)16(20)10-6-7-13(17)14(18)8-10/h2-8,12H,1H3. The second-order valence-electron chi connectivity index (χ2n) is 4.30. The third kappa shape index (κ3) is 2.90. The number of ether oxygens (including phenoxy) is 1. The molecular formula is C16H11F2NO2. The SMILES string of the molecule is COc1ccccc1C(C#N)C(=O)c1ccc(F)c(F)c1.